The Kier molecular flexibility index (Phi) is 13.9. The van der Waals surface area contributed by atoms with E-state index in [0.717, 1.165) is 0 Å². The highest BCUT2D eigenvalue weighted by Crippen LogP contribution is 2.16. The zero-order valence-electron chi connectivity index (χ0n) is 14.1. The Labute approximate surface area is 129 Å². The summed E-state index contributed by atoms with van der Waals surface area (Å²) in [6, 6.07) is 0. The molecular formula is C20H40. The van der Waals surface area contributed by atoms with Gasteiger partial charge in [0.05, 0.1) is 0 Å². The summed E-state index contributed by atoms with van der Waals surface area (Å²) in [5, 5.41) is 0. The van der Waals surface area contributed by atoms with E-state index >= 15 is 0 Å². The van der Waals surface area contributed by atoms with Crippen LogP contribution >= 0.6 is 0 Å². The van der Waals surface area contributed by atoms with Crippen LogP contribution in [0.4, 0.5) is 0 Å². The Bertz CT molecular complexity index is 86.4. The van der Waals surface area contributed by atoms with Crippen molar-refractivity contribution in [3.8, 4) is 0 Å². The topological polar surface area (TPSA) is 0 Å². The van der Waals surface area contributed by atoms with Crippen LogP contribution in [0.2, 0.25) is 0 Å². The second kappa shape index (κ2) is 15.4. The van der Waals surface area contributed by atoms with Crippen LogP contribution in [-0.2, 0) is 0 Å². The van der Waals surface area contributed by atoms with E-state index in [1.807, 2.05) is 0 Å². The Balaban J connectivity index is 0.000000125. The SMILES string of the molecule is C1CCC1.C1CCC1.C1CCC1.C1CCC1.C1CCC1. The van der Waals surface area contributed by atoms with E-state index in [4.69, 9.17) is 0 Å². The molecule has 0 heteroatoms. The molecule has 0 aromatic heterocycles. The molecule has 0 heterocycles. The first kappa shape index (κ1) is 18.1. The van der Waals surface area contributed by atoms with Gasteiger partial charge < -0.3 is 0 Å². The van der Waals surface area contributed by atoms with Gasteiger partial charge in [-0.2, -0.15) is 0 Å². The van der Waals surface area contributed by atoms with Crippen molar-refractivity contribution in [3.05, 3.63) is 0 Å². The van der Waals surface area contributed by atoms with Crippen LogP contribution in [0.3, 0.4) is 0 Å². The van der Waals surface area contributed by atoms with E-state index in [1.54, 1.807) is 0 Å². The summed E-state index contributed by atoms with van der Waals surface area (Å²) >= 11 is 0. The molecule has 120 valence electrons. The van der Waals surface area contributed by atoms with Crippen LogP contribution in [0, 0.1) is 0 Å². The minimum atomic E-state index is 1.50. The molecule has 5 aliphatic carbocycles. The van der Waals surface area contributed by atoms with Crippen LogP contribution in [0.5, 0.6) is 0 Å². The molecule has 0 nitrogen and oxygen atoms in total. The third kappa shape index (κ3) is 13.0. The van der Waals surface area contributed by atoms with Gasteiger partial charge in [-0.1, -0.05) is 128 Å². The summed E-state index contributed by atoms with van der Waals surface area (Å²) in [4.78, 5) is 0. The first-order chi connectivity index (χ1) is 10.0. The zero-order chi connectivity index (χ0) is 14.1. The van der Waals surface area contributed by atoms with Gasteiger partial charge in [0.15, 0.2) is 0 Å². The predicted molar refractivity (Wildman–Crippen MR) is 92.3 cm³/mol. The lowest BCUT2D eigenvalue weighted by Crippen LogP contribution is -1.85. The van der Waals surface area contributed by atoms with Crippen molar-refractivity contribution in [3.63, 3.8) is 0 Å². The third-order valence-electron chi connectivity index (χ3n) is 5.00. The van der Waals surface area contributed by atoms with Crippen LogP contribution in [0.25, 0.3) is 0 Å². The predicted octanol–water partition coefficient (Wildman–Crippen LogP) is 7.80. The maximum atomic E-state index is 1.50. The molecule has 5 fully saturated rings. The van der Waals surface area contributed by atoms with Gasteiger partial charge in [0, 0.05) is 0 Å². The first-order valence-electron chi connectivity index (χ1n) is 10.00. The first-order valence-corrected chi connectivity index (χ1v) is 10.00. The second-order valence-electron chi connectivity index (χ2n) is 7.07. The summed E-state index contributed by atoms with van der Waals surface area (Å²) in [6.07, 6.45) is 30.0. The van der Waals surface area contributed by atoms with E-state index in [0.29, 0.717) is 0 Å². The normalized spacial score (nSPS) is 24.0. The van der Waals surface area contributed by atoms with E-state index in [-0.39, 0.29) is 0 Å². The molecule has 20 heavy (non-hydrogen) atoms. The summed E-state index contributed by atoms with van der Waals surface area (Å²) in [5.41, 5.74) is 0. The molecule has 0 aromatic carbocycles. The Morgan fingerprint density at radius 1 is 0.100 bits per heavy atom. The minimum Gasteiger partial charge on any atom is -0.0533 e. The van der Waals surface area contributed by atoms with Gasteiger partial charge in [-0.25, -0.2) is 0 Å². The van der Waals surface area contributed by atoms with E-state index in [9.17, 15) is 0 Å². The third-order valence-corrected chi connectivity index (χ3v) is 5.00. The van der Waals surface area contributed by atoms with Gasteiger partial charge in [-0.3, -0.25) is 0 Å². The molecule has 0 atom stereocenters. The maximum Gasteiger partial charge on any atom is -0.0533 e. The van der Waals surface area contributed by atoms with Crippen LogP contribution in [0.15, 0.2) is 0 Å². The fourth-order valence-corrected chi connectivity index (χ4v) is 1.25. The Hall–Kier alpha value is 0. The van der Waals surface area contributed by atoms with E-state index in [1.165, 1.54) is 128 Å². The summed E-state index contributed by atoms with van der Waals surface area (Å²) in [7, 11) is 0. The largest absolute Gasteiger partial charge is 0.0533 e. The second-order valence-corrected chi connectivity index (χ2v) is 7.07. The average Bonchev–Trinajstić information content (AvgIpc) is 1.79. The highest BCUT2D eigenvalue weighted by atomic mass is 14.0. The lowest BCUT2D eigenvalue weighted by Gasteiger charge is -2.05. The van der Waals surface area contributed by atoms with Gasteiger partial charge in [0.2, 0.25) is 0 Å². The van der Waals surface area contributed by atoms with Crippen molar-refractivity contribution in [2.45, 2.75) is 128 Å². The molecule has 0 unspecified atom stereocenters. The molecule has 5 rings (SSSR count). The molecule has 0 spiro atoms. The summed E-state index contributed by atoms with van der Waals surface area (Å²) in [6.45, 7) is 0. The average molecular weight is 281 g/mol. The van der Waals surface area contributed by atoms with Gasteiger partial charge >= 0.3 is 0 Å². The highest BCUT2D eigenvalue weighted by Gasteiger charge is 1.96. The smallest absolute Gasteiger partial charge is 0.0533 e. The number of hydrogen-bond acceptors (Lipinski definition) is 0. The molecule has 5 aliphatic rings. The number of rotatable bonds is 0. The zero-order valence-corrected chi connectivity index (χ0v) is 14.1. The van der Waals surface area contributed by atoms with Crippen LogP contribution in [-0.4, -0.2) is 0 Å². The summed E-state index contributed by atoms with van der Waals surface area (Å²) < 4.78 is 0. The molecule has 0 radical (unpaired) electrons. The standard InChI is InChI=1S/5C4H8/c5*1-2-4-3-1/h5*1-4H2. The van der Waals surface area contributed by atoms with Crippen molar-refractivity contribution < 1.29 is 0 Å². The van der Waals surface area contributed by atoms with Gasteiger partial charge in [-0.15, -0.1) is 0 Å². The number of hydrogen-bond donors (Lipinski definition) is 0. The van der Waals surface area contributed by atoms with Crippen molar-refractivity contribution >= 4 is 0 Å². The fourth-order valence-electron chi connectivity index (χ4n) is 1.25. The maximum absolute atomic E-state index is 1.50. The van der Waals surface area contributed by atoms with E-state index in [2.05, 4.69) is 0 Å². The lowest BCUT2D eigenvalue weighted by molar-refractivity contribution is 0.504. The minimum absolute atomic E-state index is 1.50. The molecule has 0 N–H and O–H groups in total. The summed E-state index contributed by atoms with van der Waals surface area (Å²) in [5.74, 6) is 0. The highest BCUT2D eigenvalue weighted by molar-refractivity contribution is 4.52. The van der Waals surface area contributed by atoms with E-state index < -0.39 is 0 Å². The molecule has 0 bridgehead atoms. The van der Waals surface area contributed by atoms with Gasteiger partial charge in [-0.05, 0) is 0 Å². The molecule has 0 amide bonds. The van der Waals surface area contributed by atoms with Gasteiger partial charge in [0.1, 0.15) is 0 Å². The monoisotopic (exact) mass is 280 g/mol. The molecule has 5 saturated carbocycles. The molecule has 0 aliphatic heterocycles. The lowest BCUT2D eigenvalue weighted by atomic mass is 10.0. The Morgan fingerprint density at radius 3 is 0.150 bits per heavy atom. The Morgan fingerprint density at radius 2 is 0.150 bits per heavy atom. The van der Waals surface area contributed by atoms with Crippen LogP contribution in [0.1, 0.15) is 128 Å². The molecular weight excluding hydrogens is 240 g/mol. The van der Waals surface area contributed by atoms with Crippen molar-refractivity contribution in [2.24, 2.45) is 0 Å². The van der Waals surface area contributed by atoms with Crippen molar-refractivity contribution in [1.29, 1.82) is 0 Å². The fraction of sp³-hybridized carbons (Fsp3) is 1.00. The van der Waals surface area contributed by atoms with Gasteiger partial charge in [0.25, 0.3) is 0 Å². The molecule has 0 aromatic rings. The van der Waals surface area contributed by atoms with Crippen LogP contribution < -0.4 is 0 Å². The quantitative estimate of drug-likeness (QED) is 0.424. The van der Waals surface area contributed by atoms with Crippen molar-refractivity contribution in [2.75, 3.05) is 0 Å². The van der Waals surface area contributed by atoms with Crippen molar-refractivity contribution in [1.82, 2.24) is 0 Å². The molecule has 0 saturated heterocycles.